The molecule has 1 aliphatic heterocycles. The van der Waals surface area contributed by atoms with E-state index in [0.717, 1.165) is 16.6 Å². The lowest BCUT2D eigenvalue weighted by atomic mass is 10.1. The summed E-state index contributed by atoms with van der Waals surface area (Å²) in [5.74, 6) is -0.787. The third kappa shape index (κ3) is 2.58. The molecule has 0 saturated carbocycles. The van der Waals surface area contributed by atoms with Crippen molar-refractivity contribution in [3.63, 3.8) is 0 Å². The van der Waals surface area contributed by atoms with Crippen LogP contribution >= 0.6 is 0 Å². The monoisotopic (exact) mass is 419 g/mol. The smallest absolute Gasteiger partial charge is 0.361 e. The maximum absolute atomic E-state index is 13.8. The number of para-hydroxylation sites is 2. The average molecular weight is 419 g/mol. The summed E-state index contributed by atoms with van der Waals surface area (Å²) in [5, 5.41) is 16.9. The van der Waals surface area contributed by atoms with E-state index in [9.17, 15) is 14.9 Å². The summed E-state index contributed by atoms with van der Waals surface area (Å²) in [6.45, 7) is 2.42. The van der Waals surface area contributed by atoms with Gasteiger partial charge in [-0.1, -0.05) is 17.3 Å². The van der Waals surface area contributed by atoms with Gasteiger partial charge in [0.25, 0.3) is 5.56 Å². The number of benzene rings is 1. The van der Waals surface area contributed by atoms with E-state index in [0.29, 0.717) is 18.5 Å². The maximum atomic E-state index is 13.8. The largest absolute Gasteiger partial charge is 0.464 e. The molecule has 4 heterocycles. The molecule has 4 aromatic rings. The minimum Gasteiger partial charge on any atom is -0.464 e. The van der Waals surface area contributed by atoms with Crippen LogP contribution in [0.25, 0.3) is 27.9 Å². The van der Waals surface area contributed by atoms with Crippen LogP contribution in [0.15, 0.2) is 35.4 Å². The van der Waals surface area contributed by atoms with Gasteiger partial charge in [-0.05, 0) is 31.9 Å². The second-order valence-corrected chi connectivity index (χ2v) is 7.36. The molecule has 0 spiro atoms. The molecular weight excluding hydrogens is 402 g/mol. The number of carbonyl (C=O) groups excluding carboxylic acids is 1. The van der Waals surface area contributed by atoms with Gasteiger partial charge in [-0.2, -0.15) is 5.26 Å². The highest BCUT2D eigenvalue weighted by atomic mass is 16.5. The average Bonchev–Trinajstić information content (AvgIpc) is 3.51. The lowest BCUT2D eigenvalue weighted by Crippen LogP contribution is -2.39. The molecule has 0 amide bonds. The molecule has 1 unspecified atom stereocenters. The van der Waals surface area contributed by atoms with Crippen LogP contribution in [-0.4, -0.2) is 48.6 Å². The van der Waals surface area contributed by atoms with Gasteiger partial charge in [-0.15, -0.1) is 9.78 Å². The van der Waals surface area contributed by atoms with E-state index in [2.05, 4.69) is 15.3 Å². The second kappa shape index (κ2) is 6.75. The Kier molecular flexibility index (Phi) is 4.13. The lowest BCUT2D eigenvalue weighted by molar-refractivity contribution is -0.0447. The molecule has 0 aliphatic carbocycles. The number of hydrogen-bond acceptors (Lipinski definition) is 8. The molecule has 11 heteroatoms. The van der Waals surface area contributed by atoms with Crippen LogP contribution in [0, 0.1) is 11.5 Å². The number of ether oxygens (including phenoxy) is 2. The van der Waals surface area contributed by atoms with Crippen LogP contribution in [0.3, 0.4) is 0 Å². The first kappa shape index (κ1) is 19.0. The molecule has 11 nitrogen and oxygen atoms in total. The van der Waals surface area contributed by atoms with Gasteiger partial charge in [0.15, 0.2) is 0 Å². The minimum absolute atomic E-state index is 0.00623. The van der Waals surface area contributed by atoms with Gasteiger partial charge in [-0.3, -0.25) is 13.8 Å². The molecular formula is C20H17N7O4. The molecule has 31 heavy (non-hydrogen) atoms. The number of fused-ring (bicyclic) bond motifs is 3. The van der Waals surface area contributed by atoms with Crippen molar-refractivity contribution in [2.75, 3.05) is 13.7 Å². The van der Waals surface area contributed by atoms with Gasteiger partial charge >= 0.3 is 5.97 Å². The first-order valence-corrected chi connectivity index (χ1v) is 9.60. The Morgan fingerprint density at radius 1 is 1.32 bits per heavy atom. The molecule has 0 radical (unpaired) electrons. The summed E-state index contributed by atoms with van der Waals surface area (Å²) < 4.78 is 14.8. The molecule has 1 fully saturated rings. The number of imidazole rings is 1. The van der Waals surface area contributed by atoms with E-state index >= 15 is 0 Å². The zero-order valence-corrected chi connectivity index (χ0v) is 16.8. The third-order valence-corrected chi connectivity index (χ3v) is 5.59. The summed E-state index contributed by atoms with van der Waals surface area (Å²) >= 11 is 0. The highest BCUT2D eigenvalue weighted by Crippen LogP contribution is 2.33. The molecule has 1 saturated heterocycles. The van der Waals surface area contributed by atoms with Crippen molar-refractivity contribution in [2.24, 2.45) is 0 Å². The van der Waals surface area contributed by atoms with Crippen molar-refractivity contribution in [3.05, 3.63) is 46.6 Å². The highest BCUT2D eigenvalue weighted by Gasteiger charge is 2.36. The van der Waals surface area contributed by atoms with E-state index < -0.39 is 11.7 Å². The zero-order chi connectivity index (χ0) is 21.8. The van der Waals surface area contributed by atoms with E-state index in [1.54, 1.807) is 8.97 Å². The van der Waals surface area contributed by atoms with Crippen LogP contribution in [0.5, 0.6) is 0 Å². The molecule has 3 aromatic heterocycles. The van der Waals surface area contributed by atoms with Crippen molar-refractivity contribution in [3.8, 4) is 17.6 Å². The van der Waals surface area contributed by atoms with Crippen molar-refractivity contribution in [2.45, 2.75) is 25.5 Å². The van der Waals surface area contributed by atoms with E-state index in [-0.39, 0.29) is 28.2 Å². The predicted octanol–water partition coefficient (Wildman–Crippen LogP) is 1.51. The normalized spacial score (nSPS) is 18.5. The van der Waals surface area contributed by atoms with Crippen molar-refractivity contribution >= 4 is 22.5 Å². The first-order chi connectivity index (χ1) is 15.0. The summed E-state index contributed by atoms with van der Waals surface area (Å²) in [4.78, 5) is 30.4. The highest BCUT2D eigenvalue weighted by molar-refractivity contribution is 5.96. The van der Waals surface area contributed by atoms with Crippen molar-refractivity contribution < 1.29 is 14.3 Å². The van der Waals surface area contributed by atoms with E-state index in [1.165, 1.54) is 13.4 Å². The SMILES string of the molecule is COC(=O)c1nnn(C#N)c1-c1ncn2c1c(=O)n(C1(C)CCCO1)c1ccccc12. The Hall–Kier alpha value is -4.04. The fraction of sp³-hybridized carbons (Fsp3) is 0.300. The number of carbonyl (C=O) groups is 1. The second-order valence-electron chi connectivity index (χ2n) is 7.36. The predicted molar refractivity (Wildman–Crippen MR) is 107 cm³/mol. The Morgan fingerprint density at radius 2 is 2.10 bits per heavy atom. The Morgan fingerprint density at radius 3 is 2.77 bits per heavy atom. The molecule has 0 bridgehead atoms. The van der Waals surface area contributed by atoms with E-state index in [1.807, 2.05) is 37.4 Å². The fourth-order valence-corrected chi connectivity index (χ4v) is 4.19. The standard InChI is InChI=1S/C20H17N7O4/c1-20(8-5-9-31-20)27-13-7-4-3-6-12(13)25-11-22-14(17(25)18(27)28)16-15(19(29)30-2)23-24-26(16)10-21/h3-4,6-7,11H,5,8-9H2,1-2H3. The van der Waals surface area contributed by atoms with Crippen LogP contribution in [-0.2, 0) is 15.2 Å². The Bertz CT molecular complexity index is 1450. The fourth-order valence-electron chi connectivity index (χ4n) is 4.19. The molecule has 156 valence electrons. The molecule has 1 aliphatic rings. The van der Waals surface area contributed by atoms with Gasteiger partial charge in [0.2, 0.25) is 11.9 Å². The third-order valence-electron chi connectivity index (χ3n) is 5.59. The maximum Gasteiger partial charge on any atom is 0.361 e. The summed E-state index contributed by atoms with van der Waals surface area (Å²) in [6.07, 6.45) is 4.81. The number of aromatic nitrogens is 6. The van der Waals surface area contributed by atoms with Gasteiger partial charge in [0, 0.05) is 6.61 Å². The van der Waals surface area contributed by atoms with Crippen molar-refractivity contribution in [1.29, 1.82) is 5.26 Å². The summed E-state index contributed by atoms with van der Waals surface area (Å²) in [5.41, 5.74) is 0.297. The number of esters is 1. The van der Waals surface area contributed by atoms with Gasteiger partial charge in [0.05, 0.1) is 18.1 Å². The molecule has 0 N–H and O–H groups in total. The number of hydrogen-bond donors (Lipinski definition) is 0. The molecule has 5 rings (SSSR count). The van der Waals surface area contributed by atoms with Crippen LogP contribution in [0.1, 0.15) is 30.3 Å². The molecule has 1 aromatic carbocycles. The number of methoxy groups -OCH3 is 1. The van der Waals surface area contributed by atoms with Crippen LogP contribution in [0.4, 0.5) is 0 Å². The topological polar surface area (TPSA) is 129 Å². The van der Waals surface area contributed by atoms with E-state index in [4.69, 9.17) is 9.47 Å². The summed E-state index contributed by atoms with van der Waals surface area (Å²) in [7, 11) is 1.20. The minimum atomic E-state index is -0.834. The first-order valence-electron chi connectivity index (χ1n) is 9.60. The van der Waals surface area contributed by atoms with Crippen LogP contribution < -0.4 is 5.56 Å². The Labute approximate surface area is 175 Å². The van der Waals surface area contributed by atoms with Crippen molar-refractivity contribution in [1.82, 2.24) is 28.9 Å². The van der Waals surface area contributed by atoms with Gasteiger partial charge < -0.3 is 9.47 Å². The quantitative estimate of drug-likeness (QED) is 0.457. The van der Waals surface area contributed by atoms with Gasteiger partial charge in [0.1, 0.15) is 29.0 Å². The number of rotatable bonds is 3. The Balaban J connectivity index is 1.93. The zero-order valence-electron chi connectivity index (χ0n) is 16.8. The van der Waals surface area contributed by atoms with Gasteiger partial charge in [-0.25, -0.2) is 9.78 Å². The number of nitrogens with zero attached hydrogens (tertiary/aromatic N) is 7. The molecule has 1 atom stereocenters. The van der Waals surface area contributed by atoms with Crippen LogP contribution in [0.2, 0.25) is 0 Å². The summed E-state index contributed by atoms with van der Waals surface area (Å²) in [6, 6.07) is 7.42. The lowest BCUT2D eigenvalue weighted by Gasteiger charge is -2.28. The number of nitriles is 1.